The third-order valence-corrected chi connectivity index (χ3v) is 1.35. The lowest BCUT2D eigenvalue weighted by Gasteiger charge is -1.94. The van der Waals surface area contributed by atoms with Gasteiger partial charge in [-0.05, 0) is 6.92 Å². The van der Waals surface area contributed by atoms with Crippen LogP contribution in [0, 0.1) is 0 Å². The van der Waals surface area contributed by atoms with Crippen LogP contribution in [0.2, 0.25) is 0 Å². The van der Waals surface area contributed by atoms with Crippen LogP contribution in [0.15, 0.2) is 0 Å². The molecule has 0 aromatic rings. The van der Waals surface area contributed by atoms with E-state index in [2.05, 4.69) is 0 Å². The predicted molar refractivity (Wildman–Crippen MR) is 35.6 cm³/mol. The first-order valence-electron chi connectivity index (χ1n) is 1.95. The van der Waals surface area contributed by atoms with Crippen LogP contribution >= 0.6 is 22.6 Å². The Bertz CT molecular complexity index is 70.1. The molecule has 2 nitrogen and oxygen atoms in total. The molecule has 0 amide bonds. The van der Waals surface area contributed by atoms with Gasteiger partial charge in [0.2, 0.25) is 0 Å². The van der Waals surface area contributed by atoms with Crippen LogP contribution in [0.3, 0.4) is 0 Å². The van der Waals surface area contributed by atoms with Crippen molar-refractivity contribution in [2.45, 2.75) is 13.0 Å². The maximum atomic E-state index is 10.3. The molecular formula is C4H7IO2. The molecule has 7 heavy (non-hydrogen) atoms. The van der Waals surface area contributed by atoms with Gasteiger partial charge in [-0.3, -0.25) is 4.79 Å². The molecule has 0 aliphatic rings. The maximum absolute atomic E-state index is 10.3. The molecule has 0 radical (unpaired) electrons. The number of aliphatic hydroxyl groups excluding tert-OH is 1. The number of ketones is 1. The lowest BCUT2D eigenvalue weighted by molar-refractivity contribution is -0.123. The fourth-order valence-corrected chi connectivity index (χ4v) is 0.749. The Hall–Kier alpha value is 0.360. The topological polar surface area (TPSA) is 37.3 Å². The summed E-state index contributed by atoms with van der Waals surface area (Å²) < 4.78 is 0.398. The number of halogens is 1. The molecule has 0 saturated carbocycles. The van der Waals surface area contributed by atoms with Crippen LogP contribution in [0.4, 0.5) is 0 Å². The Morgan fingerprint density at radius 2 is 2.43 bits per heavy atom. The molecule has 0 spiro atoms. The summed E-state index contributed by atoms with van der Waals surface area (Å²) in [6.07, 6.45) is -0.781. The molecular weight excluding hydrogens is 207 g/mol. The van der Waals surface area contributed by atoms with Gasteiger partial charge < -0.3 is 5.11 Å². The molecule has 0 aromatic heterocycles. The molecule has 0 rings (SSSR count). The minimum Gasteiger partial charge on any atom is -0.386 e. The molecule has 1 atom stereocenters. The monoisotopic (exact) mass is 214 g/mol. The van der Waals surface area contributed by atoms with Gasteiger partial charge in [-0.1, -0.05) is 22.6 Å². The minimum absolute atomic E-state index is 0.111. The molecule has 0 aromatic carbocycles. The van der Waals surface area contributed by atoms with Gasteiger partial charge in [-0.2, -0.15) is 0 Å². The van der Waals surface area contributed by atoms with E-state index in [0.29, 0.717) is 4.43 Å². The summed E-state index contributed by atoms with van der Waals surface area (Å²) in [6, 6.07) is 0. The second-order valence-corrected chi connectivity index (χ2v) is 2.04. The molecule has 3 heteroatoms. The van der Waals surface area contributed by atoms with Crippen molar-refractivity contribution < 1.29 is 9.90 Å². The van der Waals surface area contributed by atoms with Gasteiger partial charge in [0.05, 0.1) is 4.43 Å². The molecule has 0 saturated heterocycles. The molecule has 42 valence electrons. The number of carbonyl (C=O) groups excluding carboxylic acids is 1. The Balaban J connectivity index is 3.35. The van der Waals surface area contributed by atoms with E-state index < -0.39 is 6.10 Å². The van der Waals surface area contributed by atoms with Crippen LogP contribution in [0.1, 0.15) is 6.92 Å². The molecule has 1 N–H and O–H groups in total. The zero-order chi connectivity index (χ0) is 5.86. The van der Waals surface area contributed by atoms with Gasteiger partial charge in [0.1, 0.15) is 6.10 Å². The van der Waals surface area contributed by atoms with Gasteiger partial charge in [0.25, 0.3) is 0 Å². The van der Waals surface area contributed by atoms with E-state index >= 15 is 0 Å². The molecule has 0 heterocycles. The van der Waals surface area contributed by atoms with Crippen LogP contribution in [0.5, 0.6) is 0 Å². The number of aliphatic hydroxyl groups is 1. The van der Waals surface area contributed by atoms with Gasteiger partial charge in [0, 0.05) is 0 Å². The molecule has 0 aliphatic heterocycles. The smallest absolute Gasteiger partial charge is 0.170 e. The van der Waals surface area contributed by atoms with Crippen molar-refractivity contribution in [3.05, 3.63) is 0 Å². The number of hydrogen-bond acceptors (Lipinski definition) is 2. The first-order valence-corrected chi connectivity index (χ1v) is 3.47. The highest BCUT2D eigenvalue weighted by atomic mass is 127. The van der Waals surface area contributed by atoms with Crippen LogP contribution < -0.4 is 0 Å². The first-order chi connectivity index (χ1) is 3.18. The Kier molecular flexibility index (Phi) is 3.55. The Morgan fingerprint density at radius 3 is 2.43 bits per heavy atom. The summed E-state index contributed by atoms with van der Waals surface area (Å²) >= 11 is 1.92. The van der Waals surface area contributed by atoms with Gasteiger partial charge >= 0.3 is 0 Å². The van der Waals surface area contributed by atoms with E-state index in [1.807, 2.05) is 22.6 Å². The zero-order valence-corrected chi connectivity index (χ0v) is 6.18. The largest absolute Gasteiger partial charge is 0.386 e. The molecule has 1 unspecified atom stereocenters. The van der Waals surface area contributed by atoms with E-state index in [-0.39, 0.29) is 5.78 Å². The average molecular weight is 214 g/mol. The second-order valence-electron chi connectivity index (χ2n) is 1.28. The van der Waals surface area contributed by atoms with Gasteiger partial charge in [0.15, 0.2) is 5.78 Å². The highest BCUT2D eigenvalue weighted by Crippen LogP contribution is 1.88. The van der Waals surface area contributed by atoms with Crippen molar-refractivity contribution in [1.29, 1.82) is 0 Å². The van der Waals surface area contributed by atoms with E-state index in [4.69, 9.17) is 5.11 Å². The predicted octanol–water partition coefficient (Wildman–Crippen LogP) is 0.371. The van der Waals surface area contributed by atoms with Crippen molar-refractivity contribution in [1.82, 2.24) is 0 Å². The van der Waals surface area contributed by atoms with Gasteiger partial charge in [-0.25, -0.2) is 0 Å². The number of Topliss-reactive ketones (excluding diaryl/α,β-unsaturated/α-hetero) is 1. The summed E-state index contributed by atoms with van der Waals surface area (Å²) in [4.78, 5) is 10.3. The summed E-state index contributed by atoms with van der Waals surface area (Å²) in [7, 11) is 0. The van der Waals surface area contributed by atoms with Crippen LogP contribution in [0.25, 0.3) is 0 Å². The number of alkyl halides is 1. The molecule has 0 aliphatic carbocycles. The lowest BCUT2D eigenvalue weighted by Crippen LogP contribution is -2.16. The summed E-state index contributed by atoms with van der Waals surface area (Å²) in [5.74, 6) is -0.111. The van der Waals surface area contributed by atoms with Crippen LogP contribution in [-0.2, 0) is 4.79 Å². The molecule has 0 fully saturated rings. The third kappa shape index (κ3) is 2.99. The van der Waals surface area contributed by atoms with Crippen molar-refractivity contribution in [2.24, 2.45) is 0 Å². The number of hydrogen-bond donors (Lipinski definition) is 1. The van der Waals surface area contributed by atoms with Gasteiger partial charge in [-0.15, -0.1) is 0 Å². The van der Waals surface area contributed by atoms with Crippen molar-refractivity contribution in [3.63, 3.8) is 0 Å². The first kappa shape index (κ1) is 7.36. The van der Waals surface area contributed by atoms with Crippen molar-refractivity contribution in [2.75, 3.05) is 4.43 Å². The summed E-state index contributed by atoms with van der Waals surface area (Å²) in [5, 5.41) is 8.47. The molecule has 0 bridgehead atoms. The average Bonchev–Trinajstić information content (AvgIpc) is 1.65. The highest BCUT2D eigenvalue weighted by molar-refractivity contribution is 14.1. The normalized spacial score (nSPS) is 13.6. The van der Waals surface area contributed by atoms with E-state index in [0.717, 1.165) is 0 Å². The second kappa shape index (κ2) is 3.37. The summed E-state index contributed by atoms with van der Waals surface area (Å²) in [5.41, 5.74) is 0. The van der Waals surface area contributed by atoms with Crippen molar-refractivity contribution >= 4 is 28.4 Å². The fourth-order valence-electron chi connectivity index (χ4n) is 0.112. The fraction of sp³-hybridized carbons (Fsp3) is 0.750. The van der Waals surface area contributed by atoms with E-state index in [1.165, 1.54) is 6.92 Å². The quantitative estimate of drug-likeness (QED) is 0.532. The standard InChI is InChI=1S/C4H7IO2/c1-3(6)4(7)2-5/h3,6H,2H2,1H3. The lowest BCUT2D eigenvalue weighted by atomic mass is 10.3. The number of rotatable bonds is 2. The van der Waals surface area contributed by atoms with E-state index in [9.17, 15) is 4.79 Å². The van der Waals surface area contributed by atoms with E-state index in [1.54, 1.807) is 0 Å². The highest BCUT2D eigenvalue weighted by Gasteiger charge is 2.03. The Morgan fingerprint density at radius 1 is 2.00 bits per heavy atom. The number of carbonyl (C=O) groups is 1. The minimum atomic E-state index is -0.781. The third-order valence-electron chi connectivity index (χ3n) is 0.598. The zero-order valence-electron chi connectivity index (χ0n) is 4.02. The van der Waals surface area contributed by atoms with Crippen molar-refractivity contribution in [3.8, 4) is 0 Å². The summed E-state index contributed by atoms with van der Waals surface area (Å²) in [6.45, 7) is 1.47. The van der Waals surface area contributed by atoms with Crippen LogP contribution in [-0.4, -0.2) is 21.4 Å². The maximum Gasteiger partial charge on any atom is 0.170 e. The Labute approximate surface area is 56.1 Å². The SMILES string of the molecule is CC(O)C(=O)CI.